The number of thiophene rings is 1. The monoisotopic (exact) mass is 687 g/mol. The fourth-order valence-corrected chi connectivity index (χ4v) is 9.52. The smallest absolute Gasteiger partial charge is 0.367 e. The summed E-state index contributed by atoms with van der Waals surface area (Å²) >= 11 is 1.06. The third kappa shape index (κ3) is 7.58. The van der Waals surface area contributed by atoms with E-state index in [1.165, 1.54) is 23.7 Å². The first-order chi connectivity index (χ1) is 22.3. The zero-order chi connectivity index (χ0) is 33.5. The second kappa shape index (κ2) is 13.3. The van der Waals surface area contributed by atoms with E-state index in [0.29, 0.717) is 34.2 Å². The Balaban J connectivity index is 1.07. The lowest BCUT2D eigenvalue weighted by Gasteiger charge is -2.36. The van der Waals surface area contributed by atoms with Gasteiger partial charge in [-0.05, 0) is 81.2 Å². The van der Waals surface area contributed by atoms with E-state index in [9.17, 15) is 26.9 Å². The average Bonchev–Trinajstić information content (AvgIpc) is 3.58. The number of likely N-dealkylation sites (tertiary alicyclic amines) is 1. The Morgan fingerprint density at radius 1 is 1.11 bits per heavy atom. The van der Waals surface area contributed by atoms with Crippen molar-refractivity contribution >= 4 is 48.3 Å². The molecule has 1 aromatic carbocycles. The van der Waals surface area contributed by atoms with Crippen LogP contribution in [0.1, 0.15) is 60.7 Å². The van der Waals surface area contributed by atoms with Crippen molar-refractivity contribution in [3.8, 4) is 6.07 Å². The molecule has 2 fully saturated rings. The van der Waals surface area contributed by atoms with E-state index in [2.05, 4.69) is 49.9 Å². The lowest BCUT2D eigenvalue weighted by molar-refractivity contribution is -0.126. The van der Waals surface area contributed by atoms with Gasteiger partial charge in [0.1, 0.15) is 28.7 Å². The van der Waals surface area contributed by atoms with Gasteiger partial charge in [0.15, 0.2) is 0 Å². The Morgan fingerprint density at radius 2 is 1.87 bits per heavy atom. The molecule has 47 heavy (non-hydrogen) atoms. The summed E-state index contributed by atoms with van der Waals surface area (Å²) in [5.41, 5.74) is 4.09. The molecule has 1 N–H and O–H groups in total. The molecular formula is C33H40F3N7O2S2. The maximum Gasteiger partial charge on any atom is 0.393 e. The number of aryl methyl sites for hydroxylation is 2. The number of rotatable bonds is 9. The van der Waals surface area contributed by atoms with Gasteiger partial charge >= 0.3 is 6.18 Å². The molecule has 6 rings (SSSR count). The predicted molar refractivity (Wildman–Crippen MR) is 179 cm³/mol. The van der Waals surface area contributed by atoms with Crippen LogP contribution in [-0.2, 0) is 29.5 Å². The Morgan fingerprint density at radius 3 is 2.55 bits per heavy atom. The molecule has 3 aromatic heterocycles. The molecule has 0 spiro atoms. The van der Waals surface area contributed by atoms with Crippen molar-refractivity contribution in [2.75, 3.05) is 31.2 Å². The number of alkyl halides is 3. The highest BCUT2D eigenvalue weighted by Crippen LogP contribution is 2.34. The number of sulfonamides is 1. The van der Waals surface area contributed by atoms with Crippen molar-refractivity contribution in [1.82, 2.24) is 23.7 Å². The van der Waals surface area contributed by atoms with Crippen LogP contribution in [0.3, 0.4) is 0 Å². The van der Waals surface area contributed by atoms with E-state index in [1.54, 1.807) is 10.4 Å². The number of hydrogen-bond donors (Lipinski definition) is 1. The quantitative estimate of drug-likeness (QED) is 0.215. The minimum absolute atomic E-state index is 0.0182. The van der Waals surface area contributed by atoms with E-state index >= 15 is 0 Å². The third-order valence-corrected chi connectivity index (χ3v) is 12.2. The van der Waals surface area contributed by atoms with Crippen molar-refractivity contribution in [1.29, 1.82) is 5.26 Å². The van der Waals surface area contributed by atoms with Gasteiger partial charge in [0.05, 0.1) is 18.1 Å². The molecular weight excluding hydrogens is 648 g/mol. The van der Waals surface area contributed by atoms with E-state index in [0.717, 1.165) is 80.5 Å². The van der Waals surface area contributed by atoms with Crippen molar-refractivity contribution in [3.05, 3.63) is 52.3 Å². The van der Waals surface area contributed by atoms with E-state index in [-0.39, 0.29) is 17.0 Å². The summed E-state index contributed by atoms with van der Waals surface area (Å²) in [4.78, 5) is 11.7. The minimum atomic E-state index is -4.26. The summed E-state index contributed by atoms with van der Waals surface area (Å²) in [7, 11) is -3.20. The highest BCUT2D eigenvalue weighted by atomic mass is 32.2. The number of aromatic nitrogens is 3. The highest BCUT2D eigenvalue weighted by Gasteiger charge is 2.31. The summed E-state index contributed by atoms with van der Waals surface area (Å²) in [6.45, 7) is 7.89. The number of hydrogen-bond acceptors (Lipinski definition) is 8. The van der Waals surface area contributed by atoms with E-state index in [1.807, 2.05) is 13.0 Å². The van der Waals surface area contributed by atoms with Crippen LogP contribution >= 0.6 is 11.3 Å². The van der Waals surface area contributed by atoms with Crippen molar-refractivity contribution in [2.24, 2.45) is 5.92 Å². The standard InChI is InChI=1S/C33H40F3N7O2S2/c1-21-14-23(7-13-43(21)47(3,44)45)6-12-42-26(18-37)15-28-22(2)24(4-5-30(28)42)19-41-10-8-25(9-11-41)40-31-29-16-27(17-33(34,35)36)46-32(29)39-20-38-31/h4-5,15-16,20-21,23,25H,6-14,17,19H2,1-3H3,(H,38,39,40)/t21-,23?/m1/s1. The number of anilines is 1. The first kappa shape index (κ1) is 33.6. The maximum atomic E-state index is 12.9. The Bertz CT molecular complexity index is 1910. The summed E-state index contributed by atoms with van der Waals surface area (Å²) in [6.07, 6.45) is 1.75. The minimum Gasteiger partial charge on any atom is -0.367 e. The molecule has 5 heterocycles. The van der Waals surface area contributed by atoms with E-state index in [4.69, 9.17) is 0 Å². The molecule has 0 bridgehead atoms. The highest BCUT2D eigenvalue weighted by molar-refractivity contribution is 7.88. The summed E-state index contributed by atoms with van der Waals surface area (Å²) in [6, 6.07) is 10.4. The third-order valence-electron chi connectivity index (χ3n) is 9.77. The van der Waals surface area contributed by atoms with Crippen molar-refractivity contribution < 1.29 is 21.6 Å². The molecule has 2 saturated heterocycles. The zero-order valence-corrected chi connectivity index (χ0v) is 28.5. The Hall–Kier alpha value is -3.25. The molecule has 0 aliphatic carbocycles. The molecule has 0 saturated carbocycles. The molecule has 4 aromatic rings. The van der Waals surface area contributed by atoms with Crippen LogP contribution in [0.4, 0.5) is 19.0 Å². The maximum absolute atomic E-state index is 12.9. The van der Waals surface area contributed by atoms with E-state index < -0.39 is 22.6 Å². The van der Waals surface area contributed by atoms with Gasteiger partial charge in [0, 0.05) is 60.6 Å². The first-order valence-electron chi connectivity index (χ1n) is 16.1. The van der Waals surface area contributed by atoms with Crippen LogP contribution in [-0.4, -0.2) is 76.3 Å². The predicted octanol–water partition coefficient (Wildman–Crippen LogP) is 6.46. The van der Waals surface area contributed by atoms with Gasteiger partial charge in [-0.3, -0.25) is 4.90 Å². The molecule has 14 heteroatoms. The first-order valence-corrected chi connectivity index (χ1v) is 18.7. The summed E-state index contributed by atoms with van der Waals surface area (Å²) in [5.74, 6) is 0.994. The average molecular weight is 688 g/mol. The molecule has 2 atom stereocenters. The van der Waals surface area contributed by atoms with Gasteiger partial charge in [-0.25, -0.2) is 18.4 Å². The van der Waals surface area contributed by atoms with Crippen molar-refractivity contribution in [3.63, 3.8) is 0 Å². The number of nitriles is 1. The SMILES string of the molecule is Cc1c(CN2CCC(Nc3ncnc4sc(CC(F)(F)F)cc34)CC2)ccc2c1cc(C#N)n2CCC1CCN(S(C)(=O)=O)[C@H](C)C1. The molecule has 2 aliphatic rings. The lowest BCUT2D eigenvalue weighted by Crippen LogP contribution is -2.44. The molecule has 2 aliphatic heterocycles. The van der Waals surface area contributed by atoms with Crippen LogP contribution < -0.4 is 5.32 Å². The van der Waals surface area contributed by atoms with Gasteiger partial charge < -0.3 is 9.88 Å². The number of halogens is 3. The lowest BCUT2D eigenvalue weighted by atomic mass is 9.90. The normalized spacial score (nSPS) is 20.6. The number of benzene rings is 1. The van der Waals surface area contributed by atoms with Crippen LogP contribution in [0.25, 0.3) is 21.1 Å². The summed E-state index contributed by atoms with van der Waals surface area (Å²) in [5, 5.41) is 15.2. The van der Waals surface area contributed by atoms with Gasteiger partial charge in [0.25, 0.3) is 0 Å². The van der Waals surface area contributed by atoms with Crippen LogP contribution in [0.2, 0.25) is 0 Å². The van der Waals surface area contributed by atoms with Gasteiger partial charge in [-0.1, -0.05) is 6.07 Å². The van der Waals surface area contributed by atoms with Gasteiger partial charge in [-0.15, -0.1) is 11.3 Å². The van der Waals surface area contributed by atoms with Crippen molar-refractivity contribution in [2.45, 2.75) is 83.7 Å². The fraction of sp³-hybridized carbons (Fsp3) is 0.545. The molecule has 9 nitrogen and oxygen atoms in total. The zero-order valence-electron chi connectivity index (χ0n) is 26.8. The topological polar surface area (TPSA) is 107 Å². The summed E-state index contributed by atoms with van der Waals surface area (Å²) < 4.78 is 66.7. The second-order valence-electron chi connectivity index (χ2n) is 13.1. The molecule has 0 radical (unpaired) electrons. The number of nitrogens with one attached hydrogen (secondary N) is 1. The number of piperidine rings is 2. The Kier molecular flexibility index (Phi) is 9.55. The van der Waals surface area contributed by atoms with Gasteiger partial charge in [-0.2, -0.15) is 22.7 Å². The molecule has 252 valence electrons. The molecule has 0 amide bonds. The van der Waals surface area contributed by atoms with Gasteiger partial charge in [0.2, 0.25) is 10.0 Å². The van der Waals surface area contributed by atoms with Crippen LogP contribution in [0, 0.1) is 24.2 Å². The number of fused-ring (bicyclic) bond motifs is 2. The molecule has 1 unspecified atom stereocenters. The largest absolute Gasteiger partial charge is 0.393 e. The number of nitrogens with zero attached hydrogens (tertiary/aromatic N) is 6. The Labute approximate surface area is 277 Å². The fourth-order valence-electron chi connectivity index (χ4n) is 7.32. The van der Waals surface area contributed by atoms with Crippen LogP contribution in [0.5, 0.6) is 0 Å². The second-order valence-corrected chi connectivity index (χ2v) is 16.2. The van der Waals surface area contributed by atoms with Crippen LogP contribution in [0.15, 0.2) is 30.6 Å².